The van der Waals surface area contributed by atoms with Crippen LogP contribution in [-0.4, -0.2) is 26.8 Å². The molecule has 0 spiro atoms. The van der Waals surface area contributed by atoms with Crippen LogP contribution in [0.15, 0.2) is 47.0 Å². The van der Waals surface area contributed by atoms with E-state index in [-0.39, 0.29) is 18.1 Å². The molecule has 1 aromatic carbocycles. The summed E-state index contributed by atoms with van der Waals surface area (Å²) >= 11 is 0. The van der Waals surface area contributed by atoms with Gasteiger partial charge in [0, 0.05) is 12.3 Å². The van der Waals surface area contributed by atoms with E-state index < -0.39 is 23.4 Å². The summed E-state index contributed by atoms with van der Waals surface area (Å²) in [4.78, 5) is 12.2. The molecule has 0 saturated carbocycles. The number of nitrogens with zero attached hydrogens (tertiary/aromatic N) is 1. The van der Waals surface area contributed by atoms with Crippen LogP contribution in [0.25, 0.3) is 0 Å². The summed E-state index contributed by atoms with van der Waals surface area (Å²) in [5.41, 5.74) is -0.640. The Bertz CT molecular complexity index is 797. The molecule has 6 heteroatoms. The van der Waals surface area contributed by atoms with Gasteiger partial charge >= 0.3 is 0 Å². The van der Waals surface area contributed by atoms with E-state index in [4.69, 9.17) is 9.26 Å². The fourth-order valence-electron chi connectivity index (χ4n) is 3.46. The van der Waals surface area contributed by atoms with Crippen LogP contribution in [0.5, 0.6) is 5.88 Å². The van der Waals surface area contributed by atoms with Crippen LogP contribution in [0.4, 0.5) is 0 Å². The van der Waals surface area contributed by atoms with E-state index in [1.54, 1.807) is 6.08 Å². The number of hydrogen-bond acceptors (Lipinski definition) is 6. The lowest BCUT2D eigenvalue weighted by molar-refractivity contribution is -0.162. The summed E-state index contributed by atoms with van der Waals surface area (Å²) in [6, 6.07) is 9.51. The molecule has 0 saturated heterocycles. The van der Waals surface area contributed by atoms with Crippen LogP contribution in [0.2, 0.25) is 0 Å². The van der Waals surface area contributed by atoms with Gasteiger partial charge in [0.05, 0.1) is 5.56 Å². The van der Waals surface area contributed by atoms with E-state index in [0.717, 1.165) is 5.56 Å². The van der Waals surface area contributed by atoms with Crippen molar-refractivity contribution >= 4 is 5.78 Å². The first-order valence-electron chi connectivity index (χ1n) is 7.87. The van der Waals surface area contributed by atoms with Gasteiger partial charge in [0.25, 0.3) is 5.88 Å². The van der Waals surface area contributed by atoms with Crippen LogP contribution >= 0.6 is 0 Å². The Labute approximate surface area is 138 Å². The zero-order valence-corrected chi connectivity index (χ0v) is 12.9. The van der Waals surface area contributed by atoms with Crippen molar-refractivity contribution in [2.45, 2.75) is 31.2 Å². The van der Waals surface area contributed by atoms with Crippen molar-refractivity contribution < 1.29 is 24.3 Å². The molecule has 1 aromatic heterocycles. The first kappa shape index (κ1) is 15.1. The van der Waals surface area contributed by atoms with E-state index in [9.17, 15) is 15.0 Å². The molecule has 1 heterocycles. The molecule has 2 aliphatic carbocycles. The van der Waals surface area contributed by atoms with Crippen LogP contribution in [0.3, 0.4) is 0 Å². The Balaban J connectivity index is 1.64. The minimum absolute atomic E-state index is 0.121. The Hall–Kier alpha value is -2.44. The van der Waals surface area contributed by atoms with Gasteiger partial charge in [-0.2, -0.15) is 0 Å². The lowest BCUT2D eigenvalue weighted by Gasteiger charge is -2.42. The molecule has 0 fully saturated rings. The quantitative estimate of drug-likeness (QED) is 0.892. The van der Waals surface area contributed by atoms with Crippen molar-refractivity contribution in [3.8, 4) is 5.88 Å². The van der Waals surface area contributed by atoms with Crippen molar-refractivity contribution in [3.63, 3.8) is 0 Å². The number of ketones is 1. The number of hydrogen-bond donors (Lipinski definition) is 2. The highest BCUT2D eigenvalue weighted by molar-refractivity contribution is 5.99. The molecule has 0 aliphatic heterocycles. The topological polar surface area (TPSA) is 92.8 Å². The Morgan fingerprint density at radius 1 is 1.33 bits per heavy atom. The number of benzene rings is 1. The summed E-state index contributed by atoms with van der Waals surface area (Å²) in [5.74, 6) is -0.335. The molecule has 1 unspecified atom stereocenters. The molecule has 2 N–H and O–H groups in total. The van der Waals surface area contributed by atoms with Crippen molar-refractivity contribution in [2.75, 3.05) is 0 Å². The molecule has 0 bridgehead atoms. The van der Waals surface area contributed by atoms with Crippen LogP contribution in [0.1, 0.15) is 29.4 Å². The highest BCUT2D eigenvalue weighted by atomic mass is 16.5. The maximum atomic E-state index is 12.2. The molecule has 2 aromatic rings. The van der Waals surface area contributed by atoms with Crippen LogP contribution < -0.4 is 4.74 Å². The summed E-state index contributed by atoms with van der Waals surface area (Å²) in [6.45, 7) is 0.252. The van der Waals surface area contributed by atoms with Gasteiger partial charge in [-0.05, 0) is 23.2 Å². The van der Waals surface area contributed by atoms with Gasteiger partial charge in [-0.1, -0.05) is 36.4 Å². The predicted octanol–water partition coefficient (Wildman–Crippen LogP) is 1.72. The standard InChI is InChI=1S/C18H17NO5/c20-14-8-4-7-12-9-13-15(16(21)18(12,14)22)17(19-24-13)23-10-11-5-2-1-3-6-11/h1-6,8,12,16,21-22H,7,9-10H2/t12-,16?,18-/m0/s1. The Kier molecular flexibility index (Phi) is 3.51. The minimum Gasteiger partial charge on any atom is -0.470 e. The minimum atomic E-state index is -1.85. The first-order chi connectivity index (χ1) is 11.6. The molecule has 3 atom stereocenters. The van der Waals surface area contributed by atoms with E-state index in [1.807, 2.05) is 30.3 Å². The van der Waals surface area contributed by atoms with Crippen molar-refractivity contribution in [1.82, 2.24) is 5.16 Å². The smallest absolute Gasteiger partial charge is 0.260 e. The molecular formula is C18H17NO5. The monoisotopic (exact) mass is 327 g/mol. The van der Waals surface area contributed by atoms with Crippen molar-refractivity contribution in [2.24, 2.45) is 5.92 Å². The molecule has 6 nitrogen and oxygen atoms in total. The lowest BCUT2D eigenvalue weighted by Crippen LogP contribution is -2.54. The number of rotatable bonds is 3. The number of aromatic nitrogens is 1. The second-order valence-corrected chi connectivity index (χ2v) is 6.23. The van der Waals surface area contributed by atoms with E-state index in [0.29, 0.717) is 18.6 Å². The number of aliphatic hydroxyl groups is 2. The van der Waals surface area contributed by atoms with Crippen molar-refractivity contribution in [1.29, 1.82) is 0 Å². The van der Waals surface area contributed by atoms with Crippen LogP contribution in [0, 0.1) is 5.92 Å². The van der Waals surface area contributed by atoms with E-state index in [2.05, 4.69) is 5.16 Å². The fraction of sp³-hybridized carbons (Fsp3) is 0.333. The lowest BCUT2D eigenvalue weighted by atomic mass is 9.67. The second-order valence-electron chi connectivity index (χ2n) is 6.23. The largest absolute Gasteiger partial charge is 0.470 e. The van der Waals surface area contributed by atoms with E-state index in [1.165, 1.54) is 6.08 Å². The van der Waals surface area contributed by atoms with Gasteiger partial charge in [-0.15, -0.1) is 0 Å². The SMILES string of the molecule is O=C1C=CC[C@H]2Cc3onc(OCc4ccccc4)c3C(O)[C@@]12O. The van der Waals surface area contributed by atoms with Crippen LogP contribution in [-0.2, 0) is 17.8 Å². The van der Waals surface area contributed by atoms with E-state index >= 15 is 0 Å². The Morgan fingerprint density at radius 3 is 2.92 bits per heavy atom. The maximum absolute atomic E-state index is 12.2. The number of allylic oxidation sites excluding steroid dienone is 1. The van der Waals surface area contributed by atoms with Crippen molar-refractivity contribution in [3.05, 3.63) is 59.4 Å². The van der Waals surface area contributed by atoms with Gasteiger partial charge in [0.1, 0.15) is 18.5 Å². The molecule has 2 aliphatic rings. The first-order valence-corrected chi connectivity index (χ1v) is 7.87. The van der Waals surface area contributed by atoms with Gasteiger partial charge in [0.15, 0.2) is 11.4 Å². The normalized spacial score (nSPS) is 28.3. The molecule has 0 amide bonds. The third-order valence-electron chi connectivity index (χ3n) is 4.82. The molecule has 4 rings (SSSR count). The predicted molar refractivity (Wildman–Crippen MR) is 83.1 cm³/mol. The Morgan fingerprint density at radius 2 is 2.12 bits per heavy atom. The summed E-state index contributed by atoms with van der Waals surface area (Å²) < 4.78 is 10.9. The van der Waals surface area contributed by atoms with Gasteiger partial charge in [0.2, 0.25) is 0 Å². The molecular weight excluding hydrogens is 310 g/mol. The fourth-order valence-corrected chi connectivity index (χ4v) is 3.46. The average Bonchev–Trinajstić information content (AvgIpc) is 3.00. The highest BCUT2D eigenvalue weighted by Crippen LogP contribution is 2.48. The zero-order valence-electron chi connectivity index (χ0n) is 12.9. The van der Waals surface area contributed by atoms with Gasteiger partial charge < -0.3 is 19.5 Å². The third-order valence-corrected chi connectivity index (χ3v) is 4.82. The zero-order chi connectivity index (χ0) is 16.7. The highest BCUT2D eigenvalue weighted by Gasteiger charge is 2.56. The second kappa shape index (κ2) is 5.58. The van der Waals surface area contributed by atoms with Gasteiger partial charge in [-0.3, -0.25) is 4.79 Å². The molecule has 24 heavy (non-hydrogen) atoms. The number of fused-ring (bicyclic) bond motifs is 2. The number of ether oxygens (including phenoxy) is 1. The average molecular weight is 327 g/mol. The summed E-state index contributed by atoms with van der Waals surface area (Å²) in [5, 5.41) is 25.4. The number of carbonyl (C=O) groups is 1. The third kappa shape index (κ3) is 2.18. The summed E-state index contributed by atoms with van der Waals surface area (Å²) in [6.07, 6.45) is 2.45. The van der Waals surface area contributed by atoms with Gasteiger partial charge in [-0.25, -0.2) is 0 Å². The number of carbonyl (C=O) groups excluding carboxylic acids is 1. The molecule has 0 radical (unpaired) electrons. The number of aliphatic hydroxyl groups excluding tert-OH is 1. The maximum Gasteiger partial charge on any atom is 0.260 e. The molecule has 124 valence electrons. The summed E-state index contributed by atoms with van der Waals surface area (Å²) in [7, 11) is 0.